The fourth-order valence-corrected chi connectivity index (χ4v) is 2.75. The van der Waals surface area contributed by atoms with Crippen LogP contribution in [0.2, 0.25) is 0 Å². The van der Waals surface area contributed by atoms with Gasteiger partial charge in [0.15, 0.2) is 0 Å². The van der Waals surface area contributed by atoms with Crippen molar-refractivity contribution in [2.75, 3.05) is 13.7 Å². The van der Waals surface area contributed by atoms with Crippen LogP contribution in [-0.4, -0.2) is 18.6 Å². The highest BCUT2D eigenvalue weighted by molar-refractivity contribution is 7.07. The van der Waals surface area contributed by atoms with Crippen LogP contribution in [-0.2, 0) is 6.42 Å². The van der Waals surface area contributed by atoms with Crippen LogP contribution >= 0.6 is 11.3 Å². The minimum Gasteiger partial charge on any atom is -0.495 e. The molecule has 3 nitrogen and oxygen atoms in total. The molecule has 0 aliphatic carbocycles. The van der Waals surface area contributed by atoms with Crippen LogP contribution in [0.15, 0.2) is 35.2 Å². The van der Waals surface area contributed by atoms with Crippen molar-refractivity contribution in [1.82, 2.24) is 10.3 Å². The molecule has 0 aliphatic rings. The molecule has 2 heterocycles. The first kappa shape index (κ1) is 14.0. The topological polar surface area (TPSA) is 34.2 Å². The van der Waals surface area contributed by atoms with Crippen molar-refractivity contribution < 1.29 is 4.74 Å². The second kappa shape index (κ2) is 7.26. The summed E-state index contributed by atoms with van der Waals surface area (Å²) in [6.45, 7) is 3.15. The lowest BCUT2D eigenvalue weighted by atomic mass is 10.0. The predicted molar refractivity (Wildman–Crippen MR) is 79.8 cm³/mol. The van der Waals surface area contributed by atoms with Crippen molar-refractivity contribution in [3.05, 3.63) is 46.4 Å². The molecule has 2 aromatic heterocycles. The summed E-state index contributed by atoms with van der Waals surface area (Å²) >= 11 is 1.73. The van der Waals surface area contributed by atoms with Gasteiger partial charge < -0.3 is 10.1 Å². The number of pyridine rings is 1. The number of nitrogens with zero attached hydrogens (tertiary/aromatic N) is 1. The molecule has 0 fully saturated rings. The van der Waals surface area contributed by atoms with E-state index in [-0.39, 0.29) is 6.04 Å². The minimum atomic E-state index is 0.200. The molecule has 19 heavy (non-hydrogen) atoms. The second-order valence-corrected chi connectivity index (χ2v) is 5.21. The molecule has 2 aromatic rings. The fraction of sp³-hybridized carbons (Fsp3) is 0.400. The quantitative estimate of drug-likeness (QED) is 0.841. The first-order chi connectivity index (χ1) is 9.35. The molecule has 0 saturated heterocycles. The van der Waals surface area contributed by atoms with E-state index in [2.05, 4.69) is 34.1 Å². The smallest absolute Gasteiger partial charge is 0.141 e. The standard InChI is InChI=1S/C15H20N2OS/c1-3-7-16-13(10-12-6-9-19-11-12)15-14(18-2)5-4-8-17-15/h4-6,8-9,11,13,16H,3,7,10H2,1-2H3. The zero-order valence-corrected chi connectivity index (χ0v) is 12.2. The zero-order chi connectivity index (χ0) is 13.5. The molecule has 0 aliphatic heterocycles. The Kier molecular flexibility index (Phi) is 5.36. The number of ether oxygens (including phenoxy) is 1. The van der Waals surface area contributed by atoms with Crippen molar-refractivity contribution in [3.63, 3.8) is 0 Å². The monoisotopic (exact) mass is 276 g/mol. The summed E-state index contributed by atoms with van der Waals surface area (Å²) in [7, 11) is 1.70. The van der Waals surface area contributed by atoms with Crippen molar-refractivity contribution in [3.8, 4) is 5.75 Å². The van der Waals surface area contributed by atoms with Gasteiger partial charge in [-0.05, 0) is 53.9 Å². The molecule has 1 atom stereocenters. The molecular formula is C15H20N2OS. The van der Waals surface area contributed by atoms with Crippen LogP contribution in [0.25, 0.3) is 0 Å². The molecule has 0 bridgehead atoms. The van der Waals surface area contributed by atoms with Gasteiger partial charge in [-0.1, -0.05) is 6.92 Å². The number of hydrogen-bond acceptors (Lipinski definition) is 4. The van der Waals surface area contributed by atoms with Gasteiger partial charge in [-0.25, -0.2) is 0 Å². The Morgan fingerprint density at radius 3 is 3.00 bits per heavy atom. The second-order valence-electron chi connectivity index (χ2n) is 4.43. The number of nitrogens with one attached hydrogen (secondary N) is 1. The highest BCUT2D eigenvalue weighted by atomic mass is 32.1. The average Bonchev–Trinajstić information content (AvgIpc) is 2.96. The van der Waals surface area contributed by atoms with Crippen LogP contribution in [0.4, 0.5) is 0 Å². The van der Waals surface area contributed by atoms with Gasteiger partial charge >= 0.3 is 0 Å². The van der Waals surface area contributed by atoms with E-state index >= 15 is 0 Å². The first-order valence-corrected chi connectivity index (χ1v) is 7.52. The van der Waals surface area contributed by atoms with Crippen molar-refractivity contribution >= 4 is 11.3 Å². The predicted octanol–water partition coefficient (Wildman–Crippen LogP) is 3.44. The Labute approximate surface area is 118 Å². The largest absolute Gasteiger partial charge is 0.495 e. The molecule has 1 unspecified atom stereocenters. The summed E-state index contributed by atoms with van der Waals surface area (Å²) in [4.78, 5) is 4.50. The van der Waals surface area contributed by atoms with E-state index in [1.165, 1.54) is 5.56 Å². The fourth-order valence-electron chi connectivity index (χ4n) is 2.07. The lowest BCUT2D eigenvalue weighted by Gasteiger charge is -2.19. The summed E-state index contributed by atoms with van der Waals surface area (Å²) in [5.74, 6) is 0.853. The summed E-state index contributed by atoms with van der Waals surface area (Å²) in [6.07, 6.45) is 3.87. The average molecular weight is 276 g/mol. The SMILES string of the molecule is CCCNC(Cc1ccsc1)c1ncccc1OC. The first-order valence-electron chi connectivity index (χ1n) is 6.58. The van der Waals surface area contributed by atoms with Crippen LogP contribution in [0.3, 0.4) is 0 Å². The normalized spacial score (nSPS) is 12.3. The lowest BCUT2D eigenvalue weighted by molar-refractivity contribution is 0.393. The summed E-state index contributed by atoms with van der Waals surface area (Å²) in [5.41, 5.74) is 2.33. The van der Waals surface area contributed by atoms with Gasteiger partial charge in [0, 0.05) is 6.20 Å². The van der Waals surface area contributed by atoms with Crippen molar-refractivity contribution in [1.29, 1.82) is 0 Å². The number of methoxy groups -OCH3 is 1. The Morgan fingerprint density at radius 2 is 2.32 bits per heavy atom. The molecular weight excluding hydrogens is 256 g/mol. The Balaban J connectivity index is 2.20. The lowest BCUT2D eigenvalue weighted by Crippen LogP contribution is -2.25. The number of rotatable bonds is 7. The van der Waals surface area contributed by atoms with Gasteiger partial charge in [0.2, 0.25) is 0 Å². The van der Waals surface area contributed by atoms with Gasteiger partial charge in [-0.3, -0.25) is 4.98 Å². The molecule has 0 spiro atoms. The van der Waals surface area contributed by atoms with Crippen molar-refractivity contribution in [2.45, 2.75) is 25.8 Å². The highest BCUT2D eigenvalue weighted by Gasteiger charge is 2.17. The molecule has 2 rings (SSSR count). The van der Waals surface area contributed by atoms with Crippen LogP contribution in [0, 0.1) is 0 Å². The molecule has 0 amide bonds. The maximum absolute atomic E-state index is 5.43. The Bertz CT molecular complexity index is 485. The zero-order valence-electron chi connectivity index (χ0n) is 11.4. The summed E-state index contributed by atoms with van der Waals surface area (Å²) < 4.78 is 5.43. The van der Waals surface area contributed by atoms with Crippen molar-refractivity contribution in [2.24, 2.45) is 0 Å². The highest BCUT2D eigenvalue weighted by Crippen LogP contribution is 2.26. The maximum atomic E-state index is 5.43. The van der Waals surface area contributed by atoms with Gasteiger partial charge in [0.25, 0.3) is 0 Å². The Morgan fingerprint density at radius 1 is 1.42 bits per heavy atom. The molecule has 0 aromatic carbocycles. The van der Waals surface area contributed by atoms with E-state index in [0.717, 1.165) is 30.8 Å². The van der Waals surface area contributed by atoms with E-state index < -0.39 is 0 Å². The third-order valence-electron chi connectivity index (χ3n) is 3.01. The molecule has 0 radical (unpaired) electrons. The van der Waals surface area contributed by atoms with E-state index in [4.69, 9.17) is 4.74 Å². The van der Waals surface area contributed by atoms with Gasteiger partial charge in [0.05, 0.1) is 18.8 Å². The van der Waals surface area contributed by atoms with Crippen LogP contribution in [0.1, 0.15) is 30.6 Å². The van der Waals surface area contributed by atoms with E-state index in [1.54, 1.807) is 18.4 Å². The Hall–Kier alpha value is -1.39. The van der Waals surface area contributed by atoms with Gasteiger partial charge in [-0.15, -0.1) is 0 Å². The number of thiophene rings is 1. The summed E-state index contributed by atoms with van der Waals surface area (Å²) in [6, 6.07) is 6.24. The number of hydrogen-bond donors (Lipinski definition) is 1. The maximum Gasteiger partial charge on any atom is 0.141 e. The van der Waals surface area contributed by atoms with E-state index in [9.17, 15) is 0 Å². The van der Waals surface area contributed by atoms with E-state index in [0.29, 0.717) is 0 Å². The summed E-state index contributed by atoms with van der Waals surface area (Å²) in [5, 5.41) is 7.86. The molecule has 1 N–H and O–H groups in total. The number of aromatic nitrogens is 1. The van der Waals surface area contributed by atoms with E-state index in [1.807, 2.05) is 18.3 Å². The third-order valence-corrected chi connectivity index (χ3v) is 3.74. The molecule has 4 heteroatoms. The molecule has 102 valence electrons. The minimum absolute atomic E-state index is 0.200. The van der Waals surface area contributed by atoms with Crippen LogP contribution < -0.4 is 10.1 Å². The van der Waals surface area contributed by atoms with Gasteiger partial charge in [-0.2, -0.15) is 11.3 Å². The molecule has 0 saturated carbocycles. The van der Waals surface area contributed by atoms with Gasteiger partial charge in [0.1, 0.15) is 5.75 Å². The van der Waals surface area contributed by atoms with Crippen LogP contribution in [0.5, 0.6) is 5.75 Å². The third kappa shape index (κ3) is 3.78.